The van der Waals surface area contributed by atoms with Crippen LogP contribution in [0.5, 0.6) is 0 Å². The third kappa shape index (κ3) is 6.53. The van der Waals surface area contributed by atoms with Gasteiger partial charge in [-0.1, -0.05) is 6.07 Å². The summed E-state index contributed by atoms with van der Waals surface area (Å²) in [5.41, 5.74) is 6.69. The first-order valence-electron chi connectivity index (χ1n) is 6.28. The Kier molecular flexibility index (Phi) is 6.47. The van der Waals surface area contributed by atoms with Crippen molar-refractivity contribution < 1.29 is 17.9 Å². The lowest BCUT2D eigenvalue weighted by Crippen LogP contribution is -2.19. The second-order valence-corrected chi connectivity index (χ2v) is 6.73. The number of benzene rings is 1. The maximum absolute atomic E-state index is 11.7. The van der Waals surface area contributed by atoms with E-state index in [1.54, 1.807) is 24.3 Å². The summed E-state index contributed by atoms with van der Waals surface area (Å²) in [5, 5.41) is 2.61. The van der Waals surface area contributed by atoms with Crippen molar-refractivity contribution in [2.75, 3.05) is 36.3 Å². The van der Waals surface area contributed by atoms with Crippen LogP contribution >= 0.6 is 0 Å². The van der Waals surface area contributed by atoms with Crippen molar-refractivity contribution in [1.29, 1.82) is 0 Å². The Morgan fingerprint density at radius 1 is 1.35 bits per heavy atom. The SMILES string of the molecule is COCCCS(=O)(=O)CCC(=O)Nc1cccc(N)c1. The van der Waals surface area contributed by atoms with Gasteiger partial charge in [-0.05, 0) is 24.6 Å². The highest BCUT2D eigenvalue weighted by atomic mass is 32.2. The van der Waals surface area contributed by atoms with E-state index in [-0.39, 0.29) is 23.8 Å². The fourth-order valence-corrected chi connectivity index (χ4v) is 2.87. The quantitative estimate of drug-likeness (QED) is 0.552. The lowest BCUT2D eigenvalue weighted by atomic mass is 10.3. The van der Waals surface area contributed by atoms with Gasteiger partial charge in [0.25, 0.3) is 0 Å². The van der Waals surface area contributed by atoms with Gasteiger partial charge in [-0.3, -0.25) is 4.79 Å². The van der Waals surface area contributed by atoms with E-state index in [4.69, 9.17) is 10.5 Å². The number of nitrogens with two attached hydrogens (primary N) is 1. The summed E-state index contributed by atoms with van der Waals surface area (Å²) < 4.78 is 28.1. The number of carbonyl (C=O) groups is 1. The fourth-order valence-electron chi connectivity index (χ4n) is 1.61. The maximum Gasteiger partial charge on any atom is 0.225 e. The van der Waals surface area contributed by atoms with Gasteiger partial charge in [0.1, 0.15) is 0 Å². The molecule has 6 nitrogen and oxygen atoms in total. The van der Waals surface area contributed by atoms with Crippen molar-refractivity contribution in [3.8, 4) is 0 Å². The summed E-state index contributed by atoms with van der Waals surface area (Å²) >= 11 is 0. The highest BCUT2D eigenvalue weighted by Gasteiger charge is 2.13. The van der Waals surface area contributed by atoms with Gasteiger partial charge in [0.15, 0.2) is 9.84 Å². The molecule has 0 radical (unpaired) electrons. The molecule has 7 heteroatoms. The first-order valence-corrected chi connectivity index (χ1v) is 8.10. The van der Waals surface area contributed by atoms with Gasteiger partial charge in [0, 0.05) is 31.5 Å². The van der Waals surface area contributed by atoms with E-state index in [0.717, 1.165) is 0 Å². The molecule has 3 N–H and O–H groups in total. The van der Waals surface area contributed by atoms with E-state index in [1.807, 2.05) is 0 Å². The largest absolute Gasteiger partial charge is 0.399 e. The highest BCUT2D eigenvalue weighted by Crippen LogP contribution is 2.12. The number of hydrogen-bond donors (Lipinski definition) is 2. The number of ether oxygens (including phenoxy) is 1. The topological polar surface area (TPSA) is 98.5 Å². The van der Waals surface area contributed by atoms with Crippen molar-refractivity contribution in [3.05, 3.63) is 24.3 Å². The predicted molar refractivity (Wildman–Crippen MR) is 79.2 cm³/mol. The number of sulfone groups is 1. The Hall–Kier alpha value is -1.60. The van der Waals surface area contributed by atoms with Gasteiger partial charge in [0.05, 0.1) is 11.5 Å². The molecule has 112 valence electrons. The van der Waals surface area contributed by atoms with E-state index < -0.39 is 9.84 Å². The summed E-state index contributed by atoms with van der Waals surface area (Å²) in [6.07, 6.45) is 0.375. The van der Waals surface area contributed by atoms with Crippen molar-refractivity contribution in [2.24, 2.45) is 0 Å². The van der Waals surface area contributed by atoms with E-state index in [0.29, 0.717) is 24.4 Å². The van der Waals surface area contributed by atoms with Crippen LogP contribution in [-0.4, -0.2) is 39.5 Å². The van der Waals surface area contributed by atoms with Crippen molar-refractivity contribution in [2.45, 2.75) is 12.8 Å². The summed E-state index contributed by atoms with van der Waals surface area (Å²) in [5.74, 6) is -0.469. The number of carbonyl (C=O) groups excluding carboxylic acids is 1. The highest BCUT2D eigenvalue weighted by molar-refractivity contribution is 7.91. The van der Waals surface area contributed by atoms with Crippen LogP contribution in [0.3, 0.4) is 0 Å². The average Bonchev–Trinajstić information content (AvgIpc) is 2.37. The van der Waals surface area contributed by atoms with Crippen molar-refractivity contribution >= 4 is 27.1 Å². The predicted octanol–water partition coefficient (Wildman–Crippen LogP) is 1.05. The zero-order chi connectivity index (χ0) is 15.0. The summed E-state index contributed by atoms with van der Waals surface area (Å²) in [6.45, 7) is 0.398. The summed E-state index contributed by atoms with van der Waals surface area (Å²) in [4.78, 5) is 11.7. The second kappa shape index (κ2) is 7.86. The summed E-state index contributed by atoms with van der Waals surface area (Å²) in [6, 6.07) is 6.73. The molecule has 0 bridgehead atoms. The monoisotopic (exact) mass is 300 g/mol. The van der Waals surface area contributed by atoms with Gasteiger partial charge in [-0.2, -0.15) is 0 Å². The Morgan fingerprint density at radius 3 is 2.75 bits per heavy atom. The standard InChI is InChI=1S/C13H20N2O4S/c1-19-7-3-8-20(17,18)9-6-13(16)15-12-5-2-4-11(14)10-12/h2,4-5,10H,3,6-9,14H2,1H3,(H,15,16). The number of anilines is 2. The van der Waals surface area contributed by atoms with Gasteiger partial charge in [-0.15, -0.1) is 0 Å². The lowest BCUT2D eigenvalue weighted by molar-refractivity contribution is -0.115. The lowest BCUT2D eigenvalue weighted by Gasteiger charge is -2.06. The molecule has 1 aromatic rings. The minimum atomic E-state index is -3.21. The Bertz CT molecular complexity index is 543. The first-order chi connectivity index (χ1) is 9.43. The number of amides is 1. The Morgan fingerprint density at radius 2 is 2.10 bits per heavy atom. The molecule has 0 aliphatic rings. The third-order valence-electron chi connectivity index (χ3n) is 2.61. The van der Waals surface area contributed by atoms with E-state index in [9.17, 15) is 13.2 Å². The molecule has 0 fully saturated rings. The molecule has 1 amide bonds. The molecule has 0 heterocycles. The molecule has 1 rings (SSSR count). The van der Waals surface area contributed by atoms with Crippen LogP contribution in [0.4, 0.5) is 11.4 Å². The molecule has 0 saturated heterocycles. The number of nitrogens with one attached hydrogen (secondary N) is 1. The van der Waals surface area contributed by atoms with Gasteiger partial charge in [-0.25, -0.2) is 8.42 Å². The fraction of sp³-hybridized carbons (Fsp3) is 0.462. The third-order valence-corrected chi connectivity index (χ3v) is 4.35. The molecule has 0 spiro atoms. The minimum Gasteiger partial charge on any atom is -0.399 e. The molecular formula is C13H20N2O4S. The molecule has 0 aliphatic carbocycles. The van der Waals surface area contributed by atoms with Gasteiger partial charge < -0.3 is 15.8 Å². The van der Waals surface area contributed by atoms with Crippen LogP contribution in [0.2, 0.25) is 0 Å². The molecule has 0 atom stereocenters. The van der Waals surface area contributed by atoms with Crippen LogP contribution in [-0.2, 0) is 19.4 Å². The van der Waals surface area contributed by atoms with Crippen LogP contribution < -0.4 is 11.1 Å². The molecule has 1 aromatic carbocycles. The van der Waals surface area contributed by atoms with Crippen LogP contribution in [0.15, 0.2) is 24.3 Å². The number of methoxy groups -OCH3 is 1. The summed E-state index contributed by atoms with van der Waals surface area (Å²) in [7, 11) is -1.70. The molecule has 0 unspecified atom stereocenters. The maximum atomic E-state index is 11.7. The average molecular weight is 300 g/mol. The van der Waals surface area contributed by atoms with E-state index in [2.05, 4.69) is 5.32 Å². The number of hydrogen-bond acceptors (Lipinski definition) is 5. The molecule has 0 aliphatic heterocycles. The molecule has 0 aromatic heterocycles. The van der Waals surface area contributed by atoms with Crippen molar-refractivity contribution in [3.63, 3.8) is 0 Å². The zero-order valence-corrected chi connectivity index (χ0v) is 12.3. The first kappa shape index (κ1) is 16.5. The van der Waals surface area contributed by atoms with E-state index in [1.165, 1.54) is 7.11 Å². The van der Waals surface area contributed by atoms with Gasteiger partial charge >= 0.3 is 0 Å². The molecule has 0 saturated carbocycles. The van der Waals surface area contributed by atoms with Crippen LogP contribution in [0.25, 0.3) is 0 Å². The number of nitrogen functional groups attached to an aromatic ring is 1. The minimum absolute atomic E-state index is 0.0341. The number of rotatable bonds is 8. The normalized spacial score (nSPS) is 11.2. The van der Waals surface area contributed by atoms with Crippen LogP contribution in [0, 0.1) is 0 Å². The molecular weight excluding hydrogens is 280 g/mol. The van der Waals surface area contributed by atoms with Crippen molar-refractivity contribution in [1.82, 2.24) is 0 Å². The Labute approximate surface area is 119 Å². The van der Waals surface area contributed by atoms with Crippen LogP contribution in [0.1, 0.15) is 12.8 Å². The Balaban J connectivity index is 2.39. The van der Waals surface area contributed by atoms with E-state index >= 15 is 0 Å². The smallest absolute Gasteiger partial charge is 0.225 e. The second-order valence-electron chi connectivity index (χ2n) is 4.42. The van der Waals surface area contributed by atoms with Gasteiger partial charge in [0.2, 0.25) is 5.91 Å². The zero-order valence-electron chi connectivity index (χ0n) is 11.5. The molecule has 20 heavy (non-hydrogen) atoms.